The van der Waals surface area contributed by atoms with Crippen LogP contribution in [-0.2, 0) is 0 Å². The molecule has 0 bridgehead atoms. The van der Waals surface area contributed by atoms with E-state index in [4.69, 9.17) is 9.47 Å². The molecule has 0 saturated heterocycles. The van der Waals surface area contributed by atoms with Crippen LogP contribution in [-0.4, -0.2) is 23.3 Å². The molecule has 0 unspecified atom stereocenters. The van der Waals surface area contributed by atoms with Crippen molar-refractivity contribution >= 4 is 12.0 Å². The summed E-state index contributed by atoms with van der Waals surface area (Å²) < 4.78 is 10.4. The van der Waals surface area contributed by atoms with Gasteiger partial charge in [0.05, 0.1) is 12.0 Å². The van der Waals surface area contributed by atoms with Gasteiger partial charge >= 0.3 is 5.69 Å². The van der Waals surface area contributed by atoms with Crippen molar-refractivity contribution in [2.45, 2.75) is 0 Å². The maximum Gasteiger partial charge on any atom is 0.311 e. The van der Waals surface area contributed by atoms with E-state index in [1.807, 2.05) is 0 Å². The second-order valence-electron chi connectivity index (χ2n) is 3.74. The Morgan fingerprint density at radius 2 is 2.10 bits per heavy atom. The Morgan fingerprint density at radius 1 is 1.30 bits per heavy atom. The molecule has 1 aromatic heterocycles. The van der Waals surface area contributed by atoms with Crippen LogP contribution in [0, 0.1) is 10.1 Å². The Labute approximate surface area is 113 Å². The second kappa shape index (κ2) is 5.79. The van der Waals surface area contributed by atoms with E-state index in [1.54, 1.807) is 0 Å². The summed E-state index contributed by atoms with van der Waals surface area (Å²) in [5.41, 5.74) is 0.185. The first-order chi connectivity index (χ1) is 9.63. The van der Waals surface area contributed by atoms with Gasteiger partial charge in [0.1, 0.15) is 5.75 Å². The number of nitro groups is 1. The van der Waals surface area contributed by atoms with E-state index in [1.165, 1.54) is 43.6 Å². The average Bonchev–Trinajstić information content (AvgIpc) is 2.47. The van der Waals surface area contributed by atoms with Crippen LogP contribution in [0.15, 0.2) is 36.5 Å². The predicted octanol–water partition coefficient (Wildman–Crippen LogP) is 2.60. The zero-order valence-corrected chi connectivity index (χ0v) is 10.5. The largest absolute Gasteiger partial charge is 0.497 e. The zero-order chi connectivity index (χ0) is 14.5. The van der Waals surface area contributed by atoms with E-state index in [9.17, 15) is 14.9 Å². The van der Waals surface area contributed by atoms with E-state index in [0.717, 1.165) is 0 Å². The van der Waals surface area contributed by atoms with Crippen LogP contribution in [0.4, 0.5) is 5.69 Å². The molecule has 0 aliphatic carbocycles. The first kappa shape index (κ1) is 13.5. The van der Waals surface area contributed by atoms with Crippen LogP contribution in [0.25, 0.3) is 0 Å². The summed E-state index contributed by atoms with van der Waals surface area (Å²) in [4.78, 5) is 24.8. The molecule has 0 aliphatic heterocycles. The first-order valence-corrected chi connectivity index (χ1v) is 5.55. The van der Waals surface area contributed by atoms with Crippen molar-refractivity contribution in [3.05, 3.63) is 52.2 Å². The highest BCUT2D eigenvalue weighted by atomic mass is 16.6. The van der Waals surface area contributed by atoms with Crippen LogP contribution < -0.4 is 9.47 Å². The number of ether oxygens (including phenoxy) is 2. The highest BCUT2D eigenvalue weighted by molar-refractivity contribution is 5.74. The lowest BCUT2D eigenvalue weighted by Crippen LogP contribution is -1.96. The Morgan fingerprint density at radius 3 is 2.65 bits per heavy atom. The van der Waals surface area contributed by atoms with Gasteiger partial charge in [-0.25, -0.2) is 4.98 Å². The number of nitro benzene ring substituents is 1. The highest BCUT2D eigenvalue weighted by Crippen LogP contribution is 2.33. The summed E-state index contributed by atoms with van der Waals surface area (Å²) in [5.74, 6) is 0.586. The molecule has 0 radical (unpaired) electrons. The van der Waals surface area contributed by atoms with Gasteiger partial charge in [0.2, 0.25) is 11.6 Å². The fourth-order valence-electron chi connectivity index (χ4n) is 1.49. The number of rotatable bonds is 5. The molecular formula is C13H10N2O5. The van der Waals surface area contributed by atoms with Gasteiger partial charge in [-0.1, -0.05) is 0 Å². The molecule has 1 aromatic carbocycles. The maximum absolute atomic E-state index is 10.9. The Balaban J connectivity index is 2.34. The summed E-state index contributed by atoms with van der Waals surface area (Å²) in [6, 6.07) is 7.10. The van der Waals surface area contributed by atoms with Gasteiger partial charge in [0, 0.05) is 30.0 Å². The molecule has 0 saturated carbocycles. The third kappa shape index (κ3) is 2.89. The Kier molecular flexibility index (Phi) is 3.90. The number of hydrogen-bond donors (Lipinski definition) is 0. The van der Waals surface area contributed by atoms with Gasteiger partial charge in [-0.05, 0) is 12.1 Å². The van der Waals surface area contributed by atoms with Gasteiger partial charge < -0.3 is 9.47 Å². The number of benzene rings is 1. The fourth-order valence-corrected chi connectivity index (χ4v) is 1.49. The lowest BCUT2D eigenvalue weighted by Gasteiger charge is -2.07. The van der Waals surface area contributed by atoms with Crippen LogP contribution >= 0.6 is 0 Å². The van der Waals surface area contributed by atoms with E-state index in [-0.39, 0.29) is 17.3 Å². The molecule has 0 fully saturated rings. The van der Waals surface area contributed by atoms with Crippen molar-refractivity contribution in [2.24, 2.45) is 0 Å². The highest BCUT2D eigenvalue weighted by Gasteiger charge is 2.17. The molecule has 1 heterocycles. The summed E-state index contributed by atoms with van der Waals surface area (Å²) in [6.07, 6.45) is 1.96. The fraction of sp³-hybridized carbons (Fsp3) is 0.0769. The number of methoxy groups -OCH3 is 1. The minimum absolute atomic E-state index is 0.0145. The maximum atomic E-state index is 10.9. The SMILES string of the molecule is COc1ccc([N+](=O)[O-])c(Oc2ccc(C=O)cn2)c1. The second-order valence-corrected chi connectivity index (χ2v) is 3.74. The summed E-state index contributed by atoms with van der Waals surface area (Å²) in [5, 5.41) is 10.9. The van der Waals surface area contributed by atoms with Gasteiger partial charge in [-0.15, -0.1) is 0 Å². The molecule has 0 spiro atoms. The molecular weight excluding hydrogens is 264 g/mol. The number of carbonyl (C=O) groups is 1. The number of nitrogens with zero attached hydrogens (tertiary/aromatic N) is 2. The topological polar surface area (TPSA) is 91.6 Å². The quantitative estimate of drug-likeness (QED) is 0.472. The van der Waals surface area contributed by atoms with Crippen molar-refractivity contribution in [1.82, 2.24) is 4.98 Å². The predicted molar refractivity (Wildman–Crippen MR) is 69.3 cm³/mol. The number of aromatic nitrogens is 1. The van der Waals surface area contributed by atoms with Crippen molar-refractivity contribution in [3.8, 4) is 17.4 Å². The molecule has 20 heavy (non-hydrogen) atoms. The molecule has 0 amide bonds. The van der Waals surface area contributed by atoms with Gasteiger partial charge in [-0.2, -0.15) is 0 Å². The smallest absolute Gasteiger partial charge is 0.311 e. The van der Waals surface area contributed by atoms with Gasteiger partial charge in [-0.3, -0.25) is 14.9 Å². The Bertz CT molecular complexity index is 640. The van der Waals surface area contributed by atoms with E-state index in [0.29, 0.717) is 17.6 Å². The molecule has 102 valence electrons. The number of aldehydes is 1. The Hall–Kier alpha value is -2.96. The lowest BCUT2D eigenvalue weighted by atomic mass is 10.3. The molecule has 0 aliphatic rings. The number of hydrogen-bond acceptors (Lipinski definition) is 6. The van der Waals surface area contributed by atoms with Crippen molar-refractivity contribution in [2.75, 3.05) is 7.11 Å². The minimum Gasteiger partial charge on any atom is -0.497 e. The third-order valence-electron chi connectivity index (χ3n) is 2.47. The number of carbonyl (C=O) groups excluding carboxylic acids is 1. The molecule has 7 nitrogen and oxygen atoms in total. The molecule has 0 atom stereocenters. The molecule has 7 heteroatoms. The average molecular weight is 274 g/mol. The molecule has 2 rings (SSSR count). The zero-order valence-electron chi connectivity index (χ0n) is 10.5. The van der Waals surface area contributed by atoms with Crippen LogP contribution in [0.2, 0.25) is 0 Å². The van der Waals surface area contributed by atoms with Crippen molar-refractivity contribution in [3.63, 3.8) is 0 Å². The van der Waals surface area contributed by atoms with Crippen LogP contribution in [0.1, 0.15) is 10.4 Å². The van der Waals surface area contributed by atoms with E-state index >= 15 is 0 Å². The monoisotopic (exact) mass is 274 g/mol. The van der Waals surface area contributed by atoms with Crippen molar-refractivity contribution < 1.29 is 19.2 Å². The van der Waals surface area contributed by atoms with Gasteiger partial charge in [0.25, 0.3) is 0 Å². The number of pyridine rings is 1. The van der Waals surface area contributed by atoms with Gasteiger partial charge in [0.15, 0.2) is 6.29 Å². The van der Waals surface area contributed by atoms with Crippen LogP contribution in [0.5, 0.6) is 17.4 Å². The van der Waals surface area contributed by atoms with Crippen molar-refractivity contribution in [1.29, 1.82) is 0 Å². The summed E-state index contributed by atoms with van der Waals surface area (Å²) in [6.45, 7) is 0. The lowest BCUT2D eigenvalue weighted by molar-refractivity contribution is -0.385. The first-order valence-electron chi connectivity index (χ1n) is 5.55. The molecule has 0 N–H and O–H groups in total. The summed E-state index contributed by atoms with van der Waals surface area (Å²) in [7, 11) is 1.45. The van der Waals surface area contributed by atoms with Crippen LogP contribution in [0.3, 0.4) is 0 Å². The standard InChI is InChI=1S/C13H10N2O5/c1-19-10-3-4-11(15(17)18)12(6-10)20-13-5-2-9(8-16)7-14-13/h2-8H,1H3. The third-order valence-corrected chi connectivity index (χ3v) is 2.47. The summed E-state index contributed by atoms with van der Waals surface area (Å²) >= 11 is 0. The molecule has 2 aromatic rings. The van der Waals surface area contributed by atoms with E-state index < -0.39 is 4.92 Å². The van der Waals surface area contributed by atoms with E-state index in [2.05, 4.69) is 4.98 Å². The minimum atomic E-state index is -0.561. The normalized spacial score (nSPS) is 9.85.